The average molecular weight is 595 g/mol. The highest BCUT2D eigenvalue weighted by molar-refractivity contribution is 6.30. The number of hydrogen-bond donors (Lipinski definition) is 1. The molecular weight excluding hydrogens is 578 g/mol. The van der Waals surface area contributed by atoms with Gasteiger partial charge in [0.1, 0.15) is 12.3 Å². The molecule has 0 unspecified atom stereocenters. The molecule has 1 N–H and O–H groups in total. The van der Waals surface area contributed by atoms with E-state index in [0.717, 1.165) is 18.5 Å². The summed E-state index contributed by atoms with van der Waals surface area (Å²) in [4.78, 5) is 24.6. The van der Waals surface area contributed by atoms with Crippen LogP contribution in [0.4, 0.5) is 38.0 Å². The Bertz CT molecular complexity index is 1730. The number of pyridine rings is 1. The molecule has 5 rings (SSSR count). The number of hydrogen-bond acceptors (Lipinski definition) is 6. The van der Waals surface area contributed by atoms with Crippen LogP contribution in [0.1, 0.15) is 11.1 Å². The van der Waals surface area contributed by atoms with Gasteiger partial charge in [-0.1, -0.05) is 23.7 Å². The van der Waals surface area contributed by atoms with E-state index in [4.69, 9.17) is 16.3 Å². The van der Waals surface area contributed by atoms with Gasteiger partial charge in [-0.25, -0.2) is 9.97 Å². The first kappa shape index (κ1) is 28.0. The van der Waals surface area contributed by atoms with Crippen LogP contribution in [-0.2, 0) is 19.3 Å². The third-order valence-corrected chi connectivity index (χ3v) is 5.99. The van der Waals surface area contributed by atoms with Crippen molar-refractivity contribution in [2.45, 2.75) is 25.4 Å². The zero-order valence-electron chi connectivity index (χ0n) is 20.5. The minimum Gasteiger partial charge on any atom is -0.439 e. The minimum absolute atomic E-state index is 0.00721. The lowest BCUT2D eigenvalue weighted by molar-refractivity contribution is -0.140. The Hall–Kier alpha value is -4.59. The van der Waals surface area contributed by atoms with Gasteiger partial charge in [0.2, 0.25) is 11.8 Å². The van der Waals surface area contributed by atoms with Crippen LogP contribution in [0.3, 0.4) is 0 Å². The van der Waals surface area contributed by atoms with Crippen molar-refractivity contribution < 1.29 is 31.1 Å². The van der Waals surface area contributed by atoms with Crippen molar-refractivity contribution in [2.75, 3.05) is 5.32 Å². The smallest absolute Gasteiger partial charge is 0.417 e. The van der Waals surface area contributed by atoms with Gasteiger partial charge in [0, 0.05) is 23.0 Å². The molecule has 0 saturated heterocycles. The third-order valence-electron chi connectivity index (χ3n) is 5.74. The maximum atomic E-state index is 13.1. The molecule has 2 aromatic carbocycles. The summed E-state index contributed by atoms with van der Waals surface area (Å²) >= 11 is 5.97. The summed E-state index contributed by atoms with van der Waals surface area (Å²) in [7, 11) is 0. The lowest BCUT2D eigenvalue weighted by Gasteiger charge is -2.16. The maximum Gasteiger partial charge on any atom is 0.417 e. The molecule has 212 valence electrons. The highest BCUT2D eigenvalue weighted by atomic mass is 35.5. The number of aromatic nitrogens is 5. The summed E-state index contributed by atoms with van der Waals surface area (Å²) in [6.07, 6.45) is -7.52. The molecule has 0 bridgehead atoms. The van der Waals surface area contributed by atoms with E-state index in [1.807, 2.05) is 0 Å². The Morgan fingerprint density at radius 3 is 2.22 bits per heavy atom. The average Bonchev–Trinajstić information content (AvgIpc) is 3.31. The Balaban J connectivity index is 1.44. The second kappa shape index (κ2) is 10.8. The Kier molecular flexibility index (Phi) is 7.34. The summed E-state index contributed by atoms with van der Waals surface area (Å²) in [5.74, 6) is 0.209. The molecule has 8 nitrogen and oxygen atoms in total. The van der Waals surface area contributed by atoms with Crippen LogP contribution in [0.15, 0.2) is 78.0 Å². The number of imidazole rings is 1. The van der Waals surface area contributed by atoms with Gasteiger partial charge >= 0.3 is 17.9 Å². The van der Waals surface area contributed by atoms with Crippen LogP contribution in [0.25, 0.3) is 11.2 Å². The topological polar surface area (TPSA) is 86.9 Å². The van der Waals surface area contributed by atoms with Gasteiger partial charge < -0.3 is 14.6 Å². The zero-order chi connectivity index (χ0) is 29.4. The molecule has 0 fully saturated rings. The molecule has 0 aliphatic rings. The van der Waals surface area contributed by atoms with Crippen LogP contribution in [0.2, 0.25) is 5.02 Å². The van der Waals surface area contributed by atoms with Gasteiger partial charge in [-0.2, -0.15) is 31.3 Å². The van der Waals surface area contributed by atoms with Crippen molar-refractivity contribution in [3.05, 3.63) is 99.7 Å². The lowest BCUT2D eigenvalue weighted by Crippen LogP contribution is -2.23. The molecule has 0 spiro atoms. The number of nitrogens with one attached hydrogen (secondary N) is 1. The third kappa shape index (κ3) is 6.60. The van der Waals surface area contributed by atoms with E-state index < -0.39 is 30.0 Å². The molecule has 15 heteroatoms. The molecule has 0 atom stereocenters. The van der Waals surface area contributed by atoms with Gasteiger partial charge in [-0.3, -0.25) is 9.36 Å². The predicted molar refractivity (Wildman–Crippen MR) is 137 cm³/mol. The van der Waals surface area contributed by atoms with E-state index in [1.54, 1.807) is 36.4 Å². The van der Waals surface area contributed by atoms with Crippen LogP contribution < -0.4 is 15.6 Å². The molecule has 0 saturated carbocycles. The van der Waals surface area contributed by atoms with Gasteiger partial charge in [0.15, 0.2) is 11.2 Å². The molecule has 41 heavy (non-hydrogen) atoms. The van der Waals surface area contributed by atoms with E-state index >= 15 is 0 Å². The molecule has 0 amide bonds. The number of fused-ring (bicyclic) bond motifs is 1. The van der Waals surface area contributed by atoms with Gasteiger partial charge in [-0.05, 0) is 48.0 Å². The van der Waals surface area contributed by atoms with E-state index in [1.165, 1.54) is 16.7 Å². The van der Waals surface area contributed by atoms with E-state index in [9.17, 15) is 31.1 Å². The van der Waals surface area contributed by atoms with E-state index in [-0.39, 0.29) is 35.3 Å². The fraction of sp³-hybridized carbons (Fsp3) is 0.154. The molecular formula is C26H17ClF6N6O2. The maximum absolute atomic E-state index is 13.1. The summed E-state index contributed by atoms with van der Waals surface area (Å²) in [5.41, 5.74) is -1.02. The monoisotopic (exact) mass is 594 g/mol. The second-order valence-corrected chi connectivity index (χ2v) is 9.18. The van der Waals surface area contributed by atoms with Crippen molar-refractivity contribution in [2.24, 2.45) is 0 Å². The zero-order valence-corrected chi connectivity index (χ0v) is 21.3. The Morgan fingerprint density at radius 1 is 0.902 bits per heavy atom. The lowest BCUT2D eigenvalue weighted by atomic mass is 10.2. The Morgan fingerprint density at radius 2 is 1.61 bits per heavy atom. The van der Waals surface area contributed by atoms with Gasteiger partial charge in [0.25, 0.3) is 0 Å². The fourth-order valence-corrected chi connectivity index (χ4v) is 4.02. The summed E-state index contributed by atoms with van der Waals surface area (Å²) in [5, 5.41) is 3.45. The van der Waals surface area contributed by atoms with Crippen molar-refractivity contribution in [1.82, 2.24) is 24.1 Å². The highest BCUT2D eigenvalue weighted by Gasteiger charge is 2.31. The number of benzene rings is 2. The van der Waals surface area contributed by atoms with Crippen molar-refractivity contribution in [3.8, 4) is 11.6 Å². The van der Waals surface area contributed by atoms with Crippen LogP contribution in [0, 0.1) is 0 Å². The first-order valence-electron chi connectivity index (χ1n) is 11.7. The SMILES string of the molecule is O=c1nc(Nc2ccc(Oc3ccc(C(F)(F)F)cn3)cc2)n(Cc2ccc(Cl)cc2)c2ncn(CC(F)(F)F)c12. The van der Waals surface area contributed by atoms with Gasteiger partial charge in [0.05, 0.1) is 18.4 Å². The number of anilines is 2. The van der Waals surface area contributed by atoms with E-state index in [0.29, 0.717) is 27.0 Å². The number of alkyl halides is 6. The largest absolute Gasteiger partial charge is 0.439 e. The van der Waals surface area contributed by atoms with Gasteiger partial charge in [-0.15, -0.1) is 0 Å². The number of halogens is 7. The summed E-state index contributed by atoms with van der Waals surface area (Å²) in [6, 6.07) is 14.7. The number of nitrogens with zero attached hydrogens (tertiary/aromatic N) is 5. The normalized spacial score (nSPS) is 12.1. The minimum atomic E-state index is -4.59. The standard InChI is InChI=1S/C26H17ClF6N6O2/c27-17-4-1-15(2-5-17)12-39-22-21(38(14-35-22)13-25(28,29)30)23(40)37-24(39)36-18-6-8-19(9-7-18)41-20-10-3-16(11-34-20)26(31,32)33/h1-11,14H,12-13H2,(H,36,37,40). The first-order chi connectivity index (χ1) is 19.4. The fourth-order valence-electron chi connectivity index (χ4n) is 3.89. The second-order valence-electron chi connectivity index (χ2n) is 8.75. The van der Waals surface area contributed by atoms with Crippen LogP contribution in [0.5, 0.6) is 11.6 Å². The van der Waals surface area contributed by atoms with Crippen LogP contribution >= 0.6 is 11.6 Å². The molecule has 3 aromatic heterocycles. The summed E-state index contributed by atoms with van der Waals surface area (Å²) < 4.78 is 85.2. The van der Waals surface area contributed by atoms with E-state index in [2.05, 4.69) is 20.3 Å². The highest BCUT2D eigenvalue weighted by Crippen LogP contribution is 2.30. The quantitative estimate of drug-likeness (QED) is 0.208. The molecule has 3 heterocycles. The number of ether oxygens (including phenoxy) is 1. The van der Waals surface area contributed by atoms with Crippen molar-refractivity contribution >= 4 is 34.4 Å². The predicted octanol–water partition coefficient (Wildman–Crippen LogP) is 6.81. The van der Waals surface area contributed by atoms with Crippen molar-refractivity contribution in [3.63, 3.8) is 0 Å². The molecule has 0 aliphatic carbocycles. The first-order valence-corrected chi connectivity index (χ1v) is 12.1. The molecule has 0 radical (unpaired) electrons. The Labute approximate surface area is 231 Å². The molecule has 5 aromatic rings. The summed E-state index contributed by atoms with van der Waals surface area (Å²) in [6.45, 7) is -1.32. The van der Waals surface area contributed by atoms with Crippen molar-refractivity contribution in [1.29, 1.82) is 0 Å². The van der Waals surface area contributed by atoms with Crippen LogP contribution in [-0.4, -0.2) is 30.3 Å². The number of rotatable bonds is 7. The molecule has 0 aliphatic heterocycles.